The molecular formula is C25H30N8O2. The molecule has 0 aliphatic carbocycles. The number of benzene rings is 1. The van der Waals surface area contributed by atoms with E-state index in [0.717, 1.165) is 53.4 Å². The minimum atomic E-state index is -0.565. The molecule has 1 amide bonds. The molecule has 182 valence electrons. The highest BCUT2D eigenvalue weighted by Gasteiger charge is 2.17. The first-order valence-corrected chi connectivity index (χ1v) is 11.6. The van der Waals surface area contributed by atoms with Gasteiger partial charge in [-0.05, 0) is 51.7 Å². The van der Waals surface area contributed by atoms with Crippen molar-refractivity contribution >= 4 is 28.9 Å². The Morgan fingerprint density at radius 3 is 2.69 bits per heavy atom. The number of fused-ring (bicyclic) bond motifs is 1. The second-order valence-electron chi connectivity index (χ2n) is 8.24. The van der Waals surface area contributed by atoms with Crippen LogP contribution in [0, 0.1) is 0 Å². The topological polar surface area (TPSA) is 112 Å². The fourth-order valence-electron chi connectivity index (χ4n) is 3.76. The summed E-state index contributed by atoms with van der Waals surface area (Å²) in [6.07, 6.45) is 4.56. The third-order valence-corrected chi connectivity index (χ3v) is 5.53. The van der Waals surface area contributed by atoms with Gasteiger partial charge in [-0.1, -0.05) is 6.07 Å². The first-order valence-electron chi connectivity index (χ1n) is 11.6. The van der Waals surface area contributed by atoms with E-state index < -0.39 is 6.09 Å². The number of nitrogens with zero attached hydrogens (tertiary/aromatic N) is 6. The lowest BCUT2D eigenvalue weighted by molar-refractivity contribution is 0.167. The van der Waals surface area contributed by atoms with Crippen LogP contribution >= 0.6 is 0 Å². The Balaban J connectivity index is 1.80. The minimum Gasteiger partial charge on any atom is -0.450 e. The molecule has 2 N–H and O–H groups in total. The van der Waals surface area contributed by atoms with Crippen molar-refractivity contribution < 1.29 is 9.53 Å². The maximum atomic E-state index is 12.0. The SMILES string of the molecule is CCOC(=O)Nc1nc2c(-c3cc(N(CC)CCN(C)C)ncn3)cc(-c3cccnc3)cc2[nH]1. The van der Waals surface area contributed by atoms with E-state index in [0.29, 0.717) is 11.5 Å². The first kappa shape index (κ1) is 24.1. The number of carbonyl (C=O) groups is 1. The van der Waals surface area contributed by atoms with Crippen molar-refractivity contribution in [3.63, 3.8) is 0 Å². The molecule has 0 saturated heterocycles. The molecule has 0 fully saturated rings. The Morgan fingerprint density at radius 1 is 1.11 bits per heavy atom. The number of ether oxygens (including phenoxy) is 1. The number of amides is 1. The molecule has 0 bridgehead atoms. The number of hydrogen-bond acceptors (Lipinski definition) is 8. The molecule has 1 aromatic carbocycles. The van der Waals surface area contributed by atoms with Gasteiger partial charge in [0.25, 0.3) is 0 Å². The van der Waals surface area contributed by atoms with E-state index in [1.54, 1.807) is 19.4 Å². The fraction of sp³-hybridized carbons (Fsp3) is 0.320. The Hall–Kier alpha value is -4.05. The highest BCUT2D eigenvalue weighted by molar-refractivity contribution is 5.97. The summed E-state index contributed by atoms with van der Waals surface area (Å²) in [4.78, 5) is 37.5. The number of carbonyl (C=O) groups excluding carboxylic acids is 1. The number of aromatic nitrogens is 5. The molecule has 0 saturated carbocycles. The summed E-state index contributed by atoms with van der Waals surface area (Å²) in [6, 6.07) is 9.89. The van der Waals surface area contributed by atoms with Gasteiger partial charge in [-0.25, -0.2) is 19.7 Å². The molecule has 4 rings (SSSR count). The molecule has 35 heavy (non-hydrogen) atoms. The Labute approximate surface area is 204 Å². The number of likely N-dealkylation sites (N-methyl/N-ethyl adjacent to an activating group) is 2. The maximum absolute atomic E-state index is 12.0. The van der Waals surface area contributed by atoms with Gasteiger partial charge < -0.3 is 19.5 Å². The van der Waals surface area contributed by atoms with Gasteiger partial charge in [0, 0.05) is 49.2 Å². The number of H-pyrrole nitrogens is 1. The van der Waals surface area contributed by atoms with Gasteiger partial charge in [0.1, 0.15) is 12.1 Å². The van der Waals surface area contributed by atoms with E-state index in [4.69, 9.17) is 4.74 Å². The van der Waals surface area contributed by atoms with E-state index in [9.17, 15) is 4.79 Å². The van der Waals surface area contributed by atoms with Crippen LogP contribution in [0.1, 0.15) is 13.8 Å². The summed E-state index contributed by atoms with van der Waals surface area (Å²) in [6.45, 7) is 6.72. The van der Waals surface area contributed by atoms with Crippen LogP contribution < -0.4 is 10.2 Å². The third-order valence-electron chi connectivity index (χ3n) is 5.53. The first-order chi connectivity index (χ1) is 17.0. The fourth-order valence-corrected chi connectivity index (χ4v) is 3.76. The third kappa shape index (κ3) is 5.72. The lowest BCUT2D eigenvalue weighted by Crippen LogP contribution is -2.32. The molecule has 0 radical (unpaired) electrons. The lowest BCUT2D eigenvalue weighted by Gasteiger charge is -2.24. The predicted octanol–water partition coefficient (Wildman–Crippen LogP) is 4.04. The van der Waals surface area contributed by atoms with Gasteiger partial charge in [0.05, 0.1) is 23.3 Å². The van der Waals surface area contributed by atoms with Crippen LogP contribution in [0.5, 0.6) is 0 Å². The van der Waals surface area contributed by atoms with Crippen molar-refractivity contribution in [2.75, 3.05) is 50.6 Å². The van der Waals surface area contributed by atoms with Crippen LogP contribution in [-0.2, 0) is 4.74 Å². The quantitative estimate of drug-likeness (QED) is 0.374. The largest absolute Gasteiger partial charge is 0.450 e. The molecular weight excluding hydrogens is 444 g/mol. The van der Waals surface area contributed by atoms with Crippen molar-refractivity contribution in [2.45, 2.75) is 13.8 Å². The monoisotopic (exact) mass is 474 g/mol. The highest BCUT2D eigenvalue weighted by atomic mass is 16.5. The zero-order valence-corrected chi connectivity index (χ0v) is 20.4. The van der Waals surface area contributed by atoms with Crippen LogP contribution in [0.3, 0.4) is 0 Å². The van der Waals surface area contributed by atoms with Crippen molar-refractivity contribution in [2.24, 2.45) is 0 Å². The molecule has 3 aromatic heterocycles. The average molecular weight is 475 g/mol. The standard InChI is InChI=1S/C25H30N8O2/c1-5-33(11-10-32(3)4)22-14-20(27-16-28-22)19-12-18(17-8-7-9-26-15-17)13-21-23(19)30-24(29-21)31-25(34)35-6-2/h7-9,12-16H,5-6,10-11H2,1-4H3,(H2,29,30,31,34). The number of hydrogen-bond donors (Lipinski definition) is 2. The van der Waals surface area contributed by atoms with Gasteiger partial charge in [0.2, 0.25) is 5.95 Å². The minimum absolute atomic E-state index is 0.272. The Morgan fingerprint density at radius 2 is 1.97 bits per heavy atom. The Kier molecular flexibility index (Phi) is 7.51. The molecule has 0 aliphatic heterocycles. The van der Waals surface area contributed by atoms with E-state index in [1.165, 1.54) is 0 Å². The van der Waals surface area contributed by atoms with Gasteiger partial charge in [-0.2, -0.15) is 0 Å². The number of nitrogens with one attached hydrogen (secondary N) is 2. The van der Waals surface area contributed by atoms with E-state index in [1.807, 2.05) is 36.5 Å². The summed E-state index contributed by atoms with van der Waals surface area (Å²) in [7, 11) is 4.11. The number of pyridine rings is 1. The number of anilines is 2. The summed E-state index contributed by atoms with van der Waals surface area (Å²) in [5, 5.41) is 2.65. The molecule has 10 nitrogen and oxygen atoms in total. The van der Waals surface area contributed by atoms with E-state index >= 15 is 0 Å². The number of aromatic amines is 1. The second-order valence-corrected chi connectivity index (χ2v) is 8.24. The normalized spacial score (nSPS) is 11.1. The second kappa shape index (κ2) is 10.9. The zero-order valence-electron chi connectivity index (χ0n) is 20.4. The highest BCUT2D eigenvalue weighted by Crippen LogP contribution is 2.33. The lowest BCUT2D eigenvalue weighted by atomic mass is 10.0. The maximum Gasteiger partial charge on any atom is 0.413 e. The summed E-state index contributed by atoms with van der Waals surface area (Å²) >= 11 is 0. The molecule has 0 unspecified atom stereocenters. The zero-order chi connectivity index (χ0) is 24.8. The molecule has 10 heteroatoms. The molecule has 0 spiro atoms. The smallest absolute Gasteiger partial charge is 0.413 e. The molecule has 0 atom stereocenters. The van der Waals surface area contributed by atoms with Gasteiger partial charge >= 0.3 is 6.09 Å². The van der Waals surface area contributed by atoms with Crippen LogP contribution in [-0.4, -0.2) is 76.2 Å². The van der Waals surface area contributed by atoms with Crippen molar-refractivity contribution in [3.05, 3.63) is 49.1 Å². The number of rotatable bonds is 9. The molecule has 0 aliphatic rings. The number of imidazole rings is 1. The molecule has 4 aromatic rings. The van der Waals surface area contributed by atoms with Gasteiger partial charge in [-0.3, -0.25) is 10.3 Å². The van der Waals surface area contributed by atoms with Crippen molar-refractivity contribution in [3.8, 4) is 22.4 Å². The average Bonchev–Trinajstić information content (AvgIpc) is 3.26. The Bertz CT molecular complexity index is 1290. The van der Waals surface area contributed by atoms with E-state index in [-0.39, 0.29) is 6.61 Å². The van der Waals surface area contributed by atoms with Crippen LogP contribution in [0.4, 0.5) is 16.6 Å². The summed E-state index contributed by atoms with van der Waals surface area (Å²) < 4.78 is 5.00. The van der Waals surface area contributed by atoms with Gasteiger partial charge in [-0.15, -0.1) is 0 Å². The molecule has 3 heterocycles. The van der Waals surface area contributed by atoms with Crippen molar-refractivity contribution in [1.29, 1.82) is 0 Å². The van der Waals surface area contributed by atoms with Crippen LogP contribution in [0.2, 0.25) is 0 Å². The van der Waals surface area contributed by atoms with Crippen LogP contribution in [0.15, 0.2) is 49.1 Å². The van der Waals surface area contributed by atoms with E-state index in [2.05, 4.69) is 61.1 Å². The van der Waals surface area contributed by atoms with Crippen LogP contribution in [0.25, 0.3) is 33.4 Å². The summed E-state index contributed by atoms with van der Waals surface area (Å²) in [5.41, 5.74) is 4.91. The van der Waals surface area contributed by atoms with Gasteiger partial charge in [0.15, 0.2) is 0 Å². The van der Waals surface area contributed by atoms with Crippen molar-refractivity contribution in [1.82, 2.24) is 29.8 Å². The summed E-state index contributed by atoms with van der Waals surface area (Å²) in [5.74, 6) is 1.15. The predicted molar refractivity (Wildman–Crippen MR) is 137 cm³/mol.